The largest absolute Gasteiger partial charge is 0.390 e. The molecular formula is C15H22O2. The Morgan fingerprint density at radius 1 is 1.29 bits per heavy atom. The van der Waals surface area contributed by atoms with Crippen molar-refractivity contribution in [2.24, 2.45) is 0 Å². The number of hydrogen-bond acceptors (Lipinski definition) is 2. The molecule has 94 valence electrons. The molecule has 1 atom stereocenters. The summed E-state index contributed by atoms with van der Waals surface area (Å²) in [6, 6.07) is 6.65. The Hall–Kier alpha value is -0.860. The maximum absolute atomic E-state index is 10.3. The summed E-state index contributed by atoms with van der Waals surface area (Å²) in [5, 5.41) is 10.3. The summed E-state index contributed by atoms with van der Waals surface area (Å²) in [5.74, 6) is 0. The third kappa shape index (κ3) is 3.30. The number of ether oxygens (including phenoxy) is 1. The van der Waals surface area contributed by atoms with Crippen molar-refractivity contribution in [1.29, 1.82) is 0 Å². The van der Waals surface area contributed by atoms with E-state index >= 15 is 0 Å². The smallest absolute Gasteiger partial charge is 0.0681 e. The molecule has 1 N–H and O–H groups in total. The minimum atomic E-state index is -0.664. The van der Waals surface area contributed by atoms with Crippen LogP contribution >= 0.6 is 0 Å². The molecule has 0 heterocycles. The van der Waals surface area contributed by atoms with Crippen molar-refractivity contribution in [2.45, 2.75) is 44.6 Å². The molecule has 0 amide bonds. The van der Waals surface area contributed by atoms with E-state index in [2.05, 4.69) is 18.2 Å². The van der Waals surface area contributed by atoms with Crippen molar-refractivity contribution in [3.8, 4) is 0 Å². The van der Waals surface area contributed by atoms with Gasteiger partial charge in [-0.3, -0.25) is 0 Å². The van der Waals surface area contributed by atoms with Gasteiger partial charge in [-0.05, 0) is 49.3 Å². The van der Waals surface area contributed by atoms with Gasteiger partial charge in [0.15, 0.2) is 0 Å². The second-order valence-corrected chi connectivity index (χ2v) is 5.37. The Balaban J connectivity index is 2.03. The zero-order valence-corrected chi connectivity index (χ0v) is 10.8. The fraction of sp³-hybridized carbons (Fsp3) is 0.600. The van der Waals surface area contributed by atoms with E-state index in [0.717, 1.165) is 0 Å². The first kappa shape index (κ1) is 12.6. The van der Waals surface area contributed by atoms with Gasteiger partial charge in [0, 0.05) is 20.1 Å². The lowest BCUT2D eigenvalue weighted by Crippen LogP contribution is -2.28. The Morgan fingerprint density at radius 2 is 2.06 bits per heavy atom. The van der Waals surface area contributed by atoms with Crippen molar-refractivity contribution in [2.75, 3.05) is 13.7 Å². The van der Waals surface area contributed by atoms with Gasteiger partial charge in [0.25, 0.3) is 0 Å². The van der Waals surface area contributed by atoms with Gasteiger partial charge in [-0.1, -0.05) is 18.2 Å². The highest BCUT2D eigenvalue weighted by Gasteiger charge is 2.21. The number of rotatable bonds is 5. The first-order valence-corrected chi connectivity index (χ1v) is 6.43. The molecule has 0 spiro atoms. The van der Waals surface area contributed by atoms with Gasteiger partial charge < -0.3 is 9.84 Å². The standard InChI is InChI=1S/C15H22O2/c1-15(16,8-9-17-2)11-12-6-7-13-4-3-5-14(13)10-12/h6-7,10,16H,3-5,8-9,11H2,1-2H3. The second-order valence-electron chi connectivity index (χ2n) is 5.37. The Labute approximate surface area is 104 Å². The summed E-state index contributed by atoms with van der Waals surface area (Å²) in [6.45, 7) is 2.50. The van der Waals surface area contributed by atoms with E-state index in [0.29, 0.717) is 19.4 Å². The summed E-state index contributed by atoms with van der Waals surface area (Å²) >= 11 is 0. The number of benzene rings is 1. The molecular weight excluding hydrogens is 212 g/mol. The maximum atomic E-state index is 10.3. The number of methoxy groups -OCH3 is 1. The van der Waals surface area contributed by atoms with E-state index in [4.69, 9.17) is 4.74 Å². The topological polar surface area (TPSA) is 29.5 Å². The fourth-order valence-corrected chi connectivity index (χ4v) is 2.59. The minimum Gasteiger partial charge on any atom is -0.390 e. The molecule has 0 bridgehead atoms. The predicted molar refractivity (Wildman–Crippen MR) is 69.3 cm³/mol. The summed E-state index contributed by atoms with van der Waals surface area (Å²) in [5.41, 5.74) is 3.55. The van der Waals surface area contributed by atoms with Gasteiger partial charge in [0.2, 0.25) is 0 Å². The van der Waals surface area contributed by atoms with Crippen molar-refractivity contribution in [1.82, 2.24) is 0 Å². The third-order valence-electron chi connectivity index (χ3n) is 3.59. The maximum Gasteiger partial charge on any atom is 0.0681 e. The van der Waals surface area contributed by atoms with Gasteiger partial charge in [-0.25, -0.2) is 0 Å². The predicted octanol–water partition coefficient (Wildman–Crippen LogP) is 2.51. The Kier molecular flexibility index (Phi) is 3.85. The van der Waals surface area contributed by atoms with Crippen LogP contribution in [0.5, 0.6) is 0 Å². The molecule has 1 aromatic rings. The van der Waals surface area contributed by atoms with E-state index in [-0.39, 0.29) is 0 Å². The normalized spacial score (nSPS) is 17.8. The van der Waals surface area contributed by atoms with Crippen LogP contribution < -0.4 is 0 Å². The highest BCUT2D eigenvalue weighted by Crippen LogP contribution is 2.25. The highest BCUT2D eigenvalue weighted by molar-refractivity contribution is 5.35. The number of aliphatic hydroxyl groups is 1. The number of aryl methyl sites for hydroxylation is 2. The first-order valence-electron chi connectivity index (χ1n) is 6.43. The molecule has 0 aliphatic heterocycles. The van der Waals surface area contributed by atoms with Gasteiger partial charge in [-0.2, -0.15) is 0 Å². The van der Waals surface area contributed by atoms with Crippen LogP contribution in [-0.2, 0) is 24.0 Å². The lowest BCUT2D eigenvalue weighted by molar-refractivity contribution is 0.0249. The van der Waals surface area contributed by atoms with Crippen LogP contribution in [-0.4, -0.2) is 24.4 Å². The van der Waals surface area contributed by atoms with Crippen LogP contribution in [0.3, 0.4) is 0 Å². The summed E-state index contributed by atoms with van der Waals surface area (Å²) in [4.78, 5) is 0. The van der Waals surface area contributed by atoms with Crippen LogP contribution in [0.1, 0.15) is 36.5 Å². The lowest BCUT2D eigenvalue weighted by Gasteiger charge is -2.23. The Bertz CT molecular complexity index is 383. The molecule has 0 aromatic heterocycles. The van der Waals surface area contributed by atoms with Crippen molar-refractivity contribution in [3.05, 3.63) is 34.9 Å². The van der Waals surface area contributed by atoms with Crippen LogP contribution in [0.25, 0.3) is 0 Å². The molecule has 1 aliphatic carbocycles. The average molecular weight is 234 g/mol. The zero-order valence-electron chi connectivity index (χ0n) is 10.8. The molecule has 1 unspecified atom stereocenters. The molecule has 2 nitrogen and oxygen atoms in total. The Morgan fingerprint density at radius 3 is 2.82 bits per heavy atom. The molecule has 1 aromatic carbocycles. The average Bonchev–Trinajstić information content (AvgIpc) is 2.73. The SMILES string of the molecule is COCCC(C)(O)Cc1ccc2c(c1)CCC2. The first-order chi connectivity index (χ1) is 8.11. The fourth-order valence-electron chi connectivity index (χ4n) is 2.59. The summed E-state index contributed by atoms with van der Waals surface area (Å²) < 4.78 is 5.03. The van der Waals surface area contributed by atoms with Gasteiger partial charge in [0.05, 0.1) is 5.60 Å². The van der Waals surface area contributed by atoms with Gasteiger partial charge in [0.1, 0.15) is 0 Å². The second kappa shape index (κ2) is 5.19. The van der Waals surface area contributed by atoms with E-state index in [1.165, 1.54) is 36.0 Å². The van der Waals surface area contributed by atoms with E-state index in [9.17, 15) is 5.11 Å². The van der Waals surface area contributed by atoms with E-state index < -0.39 is 5.60 Å². The zero-order chi connectivity index (χ0) is 12.3. The molecule has 0 saturated carbocycles. The number of fused-ring (bicyclic) bond motifs is 1. The quantitative estimate of drug-likeness (QED) is 0.848. The third-order valence-corrected chi connectivity index (χ3v) is 3.59. The van der Waals surface area contributed by atoms with Crippen molar-refractivity contribution < 1.29 is 9.84 Å². The summed E-state index contributed by atoms with van der Waals surface area (Å²) in [7, 11) is 1.67. The summed E-state index contributed by atoms with van der Waals surface area (Å²) in [6.07, 6.45) is 5.09. The minimum absolute atomic E-state index is 0.609. The van der Waals surface area contributed by atoms with Crippen LogP contribution in [0.15, 0.2) is 18.2 Å². The molecule has 1 aliphatic rings. The monoisotopic (exact) mass is 234 g/mol. The molecule has 2 rings (SSSR count). The van der Waals surface area contributed by atoms with Crippen molar-refractivity contribution >= 4 is 0 Å². The number of hydrogen-bond donors (Lipinski definition) is 1. The van der Waals surface area contributed by atoms with Crippen LogP contribution in [0, 0.1) is 0 Å². The van der Waals surface area contributed by atoms with Crippen LogP contribution in [0.4, 0.5) is 0 Å². The lowest BCUT2D eigenvalue weighted by atomic mass is 9.92. The molecule has 2 heteroatoms. The molecule has 17 heavy (non-hydrogen) atoms. The van der Waals surface area contributed by atoms with Crippen LogP contribution in [0.2, 0.25) is 0 Å². The van der Waals surface area contributed by atoms with E-state index in [1.807, 2.05) is 6.92 Å². The van der Waals surface area contributed by atoms with Gasteiger partial charge >= 0.3 is 0 Å². The molecule has 0 radical (unpaired) electrons. The van der Waals surface area contributed by atoms with Crippen molar-refractivity contribution in [3.63, 3.8) is 0 Å². The highest BCUT2D eigenvalue weighted by atomic mass is 16.5. The molecule has 0 fully saturated rings. The van der Waals surface area contributed by atoms with Gasteiger partial charge in [-0.15, -0.1) is 0 Å². The van der Waals surface area contributed by atoms with E-state index in [1.54, 1.807) is 7.11 Å². The molecule has 0 saturated heterocycles.